The van der Waals surface area contributed by atoms with Gasteiger partial charge in [-0.3, -0.25) is 14.2 Å². The van der Waals surface area contributed by atoms with E-state index in [2.05, 4.69) is 6.07 Å². The number of nitrogens with zero attached hydrogens (tertiary/aromatic N) is 1. The lowest BCUT2D eigenvalue weighted by Gasteiger charge is -2.11. The number of benzene rings is 4. The molecule has 0 bridgehead atoms. The van der Waals surface area contributed by atoms with Crippen molar-refractivity contribution in [2.75, 3.05) is 0 Å². The van der Waals surface area contributed by atoms with Crippen LogP contribution < -0.4 is 0 Å². The van der Waals surface area contributed by atoms with Crippen LogP contribution in [0.1, 0.15) is 37.4 Å². The van der Waals surface area contributed by atoms with Crippen LogP contribution in [-0.2, 0) is 6.42 Å². The highest BCUT2D eigenvalue weighted by Gasteiger charge is 2.21. The Morgan fingerprint density at radius 1 is 0.706 bits per heavy atom. The lowest BCUT2D eigenvalue weighted by atomic mass is 9.96. The minimum Gasteiger partial charge on any atom is -0.294 e. The van der Waals surface area contributed by atoms with Gasteiger partial charge in [-0.2, -0.15) is 0 Å². The summed E-state index contributed by atoms with van der Waals surface area (Å²) in [4.78, 5) is 26.8. The average molecular weight is 444 g/mol. The van der Waals surface area contributed by atoms with E-state index in [1.54, 1.807) is 4.57 Å². The highest BCUT2D eigenvalue weighted by atomic mass is 16.2. The van der Waals surface area contributed by atoms with Crippen LogP contribution in [0.4, 0.5) is 0 Å². The van der Waals surface area contributed by atoms with Crippen molar-refractivity contribution in [3.05, 3.63) is 131 Å². The summed E-state index contributed by atoms with van der Waals surface area (Å²) in [7, 11) is 0. The van der Waals surface area contributed by atoms with Crippen LogP contribution in [0.15, 0.2) is 103 Å². The fraction of sp³-hybridized carbons (Fsp3) is 0.0968. The van der Waals surface area contributed by atoms with Crippen molar-refractivity contribution in [1.29, 1.82) is 0 Å². The molecule has 0 fully saturated rings. The molecule has 0 saturated heterocycles. The van der Waals surface area contributed by atoms with E-state index in [-0.39, 0.29) is 18.1 Å². The number of carbonyl (C=O) groups excluding carboxylic acids is 2. The third-order valence-corrected chi connectivity index (χ3v) is 6.34. The number of aryl methyl sites for hydroxylation is 2. The zero-order valence-electron chi connectivity index (χ0n) is 19.3. The van der Waals surface area contributed by atoms with Crippen molar-refractivity contribution in [3.63, 3.8) is 0 Å². The van der Waals surface area contributed by atoms with E-state index in [0.717, 1.165) is 38.9 Å². The number of ketones is 1. The molecular weight excluding hydrogens is 418 g/mol. The summed E-state index contributed by atoms with van der Waals surface area (Å²) in [5, 5.41) is 0.934. The summed E-state index contributed by atoms with van der Waals surface area (Å²) in [5.41, 5.74) is 7.02. The van der Waals surface area contributed by atoms with Crippen LogP contribution in [0.5, 0.6) is 0 Å². The van der Waals surface area contributed by atoms with Crippen LogP contribution in [0, 0.1) is 13.8 Å². The van der Waals surface area contributed by atoms with Gasteiger partial charge in [0.1, 0.15) is 0 Å². The van der Waals surface area contributed by atoms with Gasteiger partial charge >= 0.3 is 0 Å². The van der Waals surface area contributed by atoms with Gasteiger partial charge in [0, 0.05) is 22.9 Å². The number of rotatable bonds is 5. The third kappa shape index (κ3) is 3.97. The average Bonchev–Trinajstić information content (AvgIpc) is 3.26. The Kier molecular flexibility index (Phi) is 5.69. The number of hydrogen-bond donors (Lipinski definition) is 0. The van der Waals surface area contributed by atoms with Crippen molar-refractivity contribution in [3.8, 4) is 11.3 Å². The summed E-state index contributed by atoms with van der Waals surface area (Å²) >= 11 is 0. The first-order chi connectivity index (χ1) is 16.5. The smallest absolute Gasteiger partial charge is 0.262 e. The summed E-state index contributed by atoms with van der Waals surface area (Å²) in [5.74, 6) is -0.0203. The highest BCUT2D eigenvalue weighted by Crippen LogP contribution is 2.33. The minimum atomic E-state index is -0.0888. The second kappa shape index (κ2) is 8.95. The molecule has 0 aliphatic heterocycles. The summed E-state index contributed by atoms with van der Waals surface area (Å²) in [6, 6.07) is 33.0. The maximum absolute atomic E-state index is 13.7. The highest BCUT2D eigenvalue weighted by molar-refractivity contribution is 6.08. The Morgan fingerprint density at radius 2 is 1.35 bits per heavy atom. The molecule has 0 N–H and O–H groups in total. The first-order valence-electron chi connectivity index (χ1n) is 11.4. The molecule has 0 spiro atoms. The van der Waals surface area contributed by atoms with E-state index < -0.39 is 0 Å². The van der Waals surface area contributed by atoms with Crippen molar-refractivity contribution in [2.24, 2.45) is 0 Å². The molecule has 34 heavy (non-hydrogen) atoms. The van der Waals surface area contributed by atoms with Crippen LogP contribution in [-0.4, -0.2) is 16.3 Å². The second-order valence-corrected chi connectivity index (χ2v) is 8.66. The first-order valence-corrected chi connectivity index (χ1v) is 11.4. The number of hydrogen-bond acceptors (Lipinski definition) is 2. The molecule has 0 unspecified atom stereocenters. The molecule has 1 heterocycles. The van der Waals surface area contributed by atoms with Crippen molar-refractivity contribution < 1.29 is 9.59 Å². The quantitative estimate of drug-likeness (QED) is 0.273. The zero-order valence-corrected chi connectivity index (χ0v) is 19.3. The fourth-order valence-electron chi connectivity index (χ4n) is 4.44. The van der Waals surface area contributed by atoms with Crippen LogP contribution >= 0.6 is 0 Å². The largest absolute Gasteiger partial charge is 0.294 e. The molecular formula is C31H25NO2. The molecule has 0 saturated carbocycles. The van der Waals surface area contributed by atoms with Gasteiger partial charge in [0.2, 0.25) is 0 Å². The molecule has 3 nitrogen and oxygen atoms in total. The molecule has 0 atom stereocenters. The Labute approximate surface area is 199 Å². The van der Waals surface area contributed by atoms with Gasteiger partial charge in [-0.1, -0.05) is 84.4 Å². The molecule has 4 aromatic carbocycles. The Balaban J connectivity index is 1.69. The SMILES string of the molecule is Cc1ccc(C(=O)Cc2c(C)ccc3c2cc(-c2ccccc2)n3C(=O)c2ccccc2)cc1. The number of Topliss-reactive ketones (excluding diaryl/α,β-unsaturated/α-hetero) is 1. The van der Waals surface area contributed by atoms with Gasteiger partial charge in [-0.05, 0) is 54.8 Å². The predicted molar refractivity (Wildman–Crippen MR) is 137 cm³/mol. The van der Waals surface area contributed by atoms with Gasteiger partial charge in [-0.25, -0.2) is 0 Å². The predicted octanol–water partition coefficient (Wildman–Crippen LogP) is 7.04. The standard InChI is InChI=1S/C31H25NO2/c1-21-13-16-24(17-14-21)30(33)20-26-22(2)15-18-28-27(26)19-29(23-9-5-3-6-10-23)32(28)31(34)25-11-7-4-8-12-25/h3-19H,20H2,1-2H3. The lowest BCUT2D eigenvalue weighted by Crippen LogP contribution is -2.13. The summed E-state index contributed by atoms with van der Waals surface area (Å²) < 4.78 is 1.78. The van der Waals surface area contributed by atoms with Gasteiger partial charge < -0.3 is 0 Å². The lowest BCUT2D eigenvalue weighted by molar-refractivity contribution is 0.0965. The molecule has 1 aromatic heterocycles. The zero-order chi connectivity index (χ0) is 23.7. The second-order valence-electron chi connectivity index (χ2n) is 8.66. The van der Waals surface area contributed by atoms with Gasteiger partial charge in [0.05, 0.1) is 11.2 Å². The molecule has 0 aliphatic carbocycles. The van der Waals surface area contributed by atoms with Crippen molar-refractivity contribution in [1.82, 2.24) is 4.57 Å². The van der Waals surface area contributed by atoms with Crippen molar-refractivity contribution >= 4 is 22.6 Å². The summed E-state index contributed by atoms with van der Waals surface area (Å²) in [6.45, 7) is 4.03. The Hall–Kier alpha value is -4.24. The molecule has 5 aromatic rings. The van der Waals surface area contributed by atoms with Gasteiger partial charge in [0.15, 0.2) is 5.78 Å². The number of aromatic nitrogens is 1. The van der Waals surface area contributed by atoms with Gasteiger partial charge in [0.25, 0.3) is 5.91 Å². The Bertz CT molecular complexity index is 1490. The number of fused-ring (bicyclic) bond motifs is 1. The monoisotopic (exact) mass is 443 g/mol. The van der Waals surface area contributed by atoms with Crippen LogP contribution in [0.2, 0.25) is 0 Å². The number of carbonyl (C=O) groups is 2. The van der Waals surface area contributed by atoms with E-state index in [1.807, 2.05) is 111 Å². The first kappa shape index (κ1) is 21.6. The molecule has 0 aliphatic rings. The van der Waals surface area contributed by atoms with Gasteiger partial charge in [-0.15, -0.1) is 0 Å². The normalized spacial score (nSPS) is 11.0. The molecule has 3 heteroatoms. The molecule has 166 valence electrons. The fourth-order valence-corrected chi connectivity index (χ4v) is 4.44. The van der Waals surface area contributed by atoms with Crippen LogP contribution in [0.25, 0.3) is 22.2 Å². The van der Waals surface area contributed by atoms with E-state index in [4.69, 9.17) is 0 Å². The molecule has 5 rings (SSSR count). The minimum absolute atomic E-state index is 0.0685. The van der Waals surface area contributed by atoms with E-state index >= 15 is 0 Å². The maximum Gasteiger partial charge on any atom is 0.262 e. The van der Waals surface area contributed by atoms with Crippen molar-refractivity contribution in [2.45, 2.75) is 20.3 Å². The Morgan fingerprint density at radius 3 is 2.03 bits per heavy atom. The summed E-state index contributed by atoms with van der Waals surface area (Å²) in [6.07, 6.45) is 0.282. The third-order valence-electron chi connectivity index (χ3n) is 6.34. The van der Waals surface area contributed by atoms with E-state index in [1.165, 1.54) is 0 Å². The molecule has 0 amide bonds. The topological polar surface area (TPSA) is 39.1 Å². The molecule has 0 radical (unpaired) electrons. The maximum atomic E-state index is 13.7. The van der Waals surface area contributed by atoms with Crippen LogP contribution in [0.3, 0.4) is 0 Å². The van der Waals surface area contributed by atoms with E-state index in [0.29, 0.717) is 11.1 Å². The van der Waals surface area contributed by atoms with E-state index in [9.17, 15) is 9.59 Å².